The summed E-state index contributed by atoms with van der Waals surface area (Å²) in [6.45, 7) is 0.523. The molecule has 23 heavy (non-hydrogen) atoms. The van der Waals surface area contributed by atoms with E-state index in [0.29, 0.717) is 22.4 Å². The molecule has 0 amide bonds. The van der Waals surface area contributed by atoms with Crippen LogP contribution in [0.25, 0.3) is 22.0 Å². The number of halogens is 2. The van der Waals surface area contributed by atoms with E-state index in [1.807, 2.05) is 12.3 Å². The molecule has 3 aromatic heterocycles. The van der Waals surface area contributed by atoms with Crippen LogP contribution in [-0.4, -0.2) is 20.3 Å². The summed E-state index contributed by atoms with van der Waals surface area (Å²) in [5.74, 6) is 0.658. The van der Waals surface area contributed by atoms with Gasteiger partial charge in [0.1, 0.15) is 6.26 Å². The zero-order valence-corrected chi connectivity index (χ0v) is 13.2. The lowest BCUT2D eigenvalue weighted by Gasteiger charge is -2.04. The van der Waals surface area contributed by atoms with Gasteiger partial charge in [-0.15, -0.1) is 0 Å². The van der Waals surface area contributed by atoms with Gasteiger partial charge in [-0.1, -0.05) is 34.4 Å². The molecule has 0 unspecified atom stereocenters. The molecule has 1 aromatic carbocycles. The molecule has 4 aromatic rings. The van der Waals surface area contributed by atoms with Crippen LogP contribution in [0.5, 0.6) is 0 Å². The number of hydrogen-bond acceptors (Lipinski definition) is 4. The lowest BCUT2D eigenvalue weighted by Crippen LogP contribution is -2.01. The fraction of sp³-hybridized carbons (Fsp3) is 0.0667. The van der Waals surface area contributed by atoms with Crippen molar-refractivity contribution in [3.8, 4) is 11.1 Å². The summed E-state index contributed by atoms with van der Waals surface area (Å²) in [7, 11) is 0. The number of fused-ring (bicyclic) bond motifs is 1. The van der Waals surface area contributed by atoms with Crippen LogP contribution in [0.1, 0.15) is 5.69 Å². The minimum Gasteiger partial charge on any atom is -0.363 e. The van der Waals surface area contributed by atoms with Gasteiger partial charge < -0.3 is 14.8 Å². The molecule has 0 aliphatic carbocycles. The maximum absolute atomic E-state index is 6.34. The number of anilines is 1. The highest BCUT2D eigenvalue weighted by atomic mass is 35.5. The van der Waals surface area contributed by atoms with Gasteiger partial charge in [0.05, 0.1) is 28.3 Å². The van der Waals surface area contributed by atoms with Crippen LogP contribution < -0.4 is 5.32 Å². The molecular weight excluding hydrogens is 337 g/mol. The highest BCUT2D eigenvalue weighted by Gasteiger charge is 2.17. The SMILES string of the molecule is Clc1ccc2c(-c3cn[nH]c3)c(CNc3ccon3)[nH]c2c1Cl. The molecule has 0 atom stereocenters. The number of hydrogen-bond donors (Lipinski definition) is 3. The van der Waals surface area contributed by atoms with E-state index in [9.17, 15) is 0 Å². The molecule has 6 nitrogen and oxygen atoms in total. The third-order valence-electron chi connectivity index (χ3n) is 3.61. The van der Waals surface area contributed by atoms with Crippen molar-refractivity contribution < 1.29 is 4.52 Å². The number of H-pyrrole nitrogens is 2. The zero-order chi connectivity index (χ0) is 15.8. The van der Waals surface area contributed by atoms with Gasteiger partial charge in [0, 0.05) is 34.5 Å². The summed E-state index contributed by atoms with van der Waals surface area (Å²) in [4.78, 5) is 3.35. The number of aromatic amines is 2. The molecular formula is C15H11Cl2N5O. The van der Waals surface area contributed by atoms with E-state index < -0.39 is 0 Å². The van der Waals surface area contributed by atoms with Crippen molar-refractivity contribution in [3.63, 3.8) is 0 Å². The maximum Gasteiger partial charge on any atom is 0.169 e. The molecule has 0 saturated heterocycles. The van der Waals surface area contributed by atoms with Gasteiger partial charge in [0.25, 0.3) is 0 Å². The molecule has 116 valence electrons. The molecule has 0 aliphatic rings. The van der Waals surface area contributed by atoms with E-state index in [2.05, 4.69) is 25.7 Å². The van der Waals surface area contributed by atoms with E-state index in [4.69, 9.17) is 27.7 Å². The minimum atomic E-state index is 0.501. The van der Waals surface area contributed by atoms with Gasteiger partial charge in [-0.25, -0.2) is 0 Å². The number of benzene rings is 1. The molecule has 4 rings (SSSR count). The Bertz CT molecular complexity index is 944. The summed E-state index contributed by atoms with van der Waals surface area (Å²) in [5, 5.41) is 15.9. The number of nitrogens with one attached hydrogen (secondary N) is 3. The molecule has 8 heteroatoms. The fourth-order valence-corrected chi connectivity index (χ4v) is 2.96. The Balaban J connectivity index is 1.84. The standard InChI is InChI=1S/C15H11Cl2N5O/c16-10-2-1-9-13(8-5-19-20-6-8)11(21-15(9)14(10)17)7-18-12-3-4-23-22-12/h1-6,21H,7H2,(H,18,22)(H,19,20). The Morgan fingerprint density at radius 2 is 2.13 bits per heavy atom. The third-order valence-corrected chi connectivity index (χ3v) is 4.42. The Morgan fingerprint density at radius 3 is 2.87 bits per heavy atom. The topological polar surface area (TPSA) is 82.5 Å². The lowest BCUT2D eigenvalue weighted by molar-refractivity contribution is 0.422. The van der Waals surface area contributed by atoms with Gasteiger partial charge in [-0.05, 0) is 6.07 Å². The average molecular weight is 348 g/mol. The van der Waals surface area contributed by atoms with E-state index in [0.717, 1.165) is 27.7 Å². The summed E-state index contributed by atoms with van der Waals surface area (Å²) >= 11 is 12.5. The predicted molar refractivity (Wildman–Crippen MR) is 89.7 cm³/mol. The van der Waals surface area contributed by atoms with Crippen LogP contribution in [0, 0.1) is 0 Å². The van der Waals surface area contributed by atoms with Gasteiger partial charge in [-0.3, -0.25) is 5.10 Å². The van der Waals surface area contributed by atoms with Gasteiger partial charge in [0.15, 0.2) is 5.82 Å². The molecule has 0 bridgehead atoms. The van der Waals surface area contributed by atoms with Gasteiger partial charge >= 0.3 is 0 Å². The van der Waals surface area contributed by atoms with Crippen molar-refractivity contribution in [1.29, 1.82) is 0 Å². The Hall–Kier alpha value is -2.44. The van der Waals surface area contributed by atoms with Crippen LogP contribution >= 0.6 is 23.2 Å². The van der Waals surface area contributed by atoms with Crippen LogP contribution in [0.3, 0.4) is 0 Å². The first-order valence-corrected chi connectivity index (χ1v) is 7.61. The largest absolute Gasteiger partial charge is 0.363 e. The van der Waals surface area contributed by atoms with E-state index >= 15 is 0 Å². The quantitative estimate of drug-likeness (QED) is 0.508. The number of rotatable bonds is 4. The average Bonchev–Trinajstić information content (AvgIpc) is 3.28. The van der Waals surface area contributed by atoms with Crippen molar-refractivity contribution in [2.24, 2.45) is 0 Å². The molecule has 0 spiro atoms. The third kappa shape index (κ3) is 2.46. The van der Waals surface area contributed by atoms with Crippen molar-refractivity contribution in [3.05, 3.63) is 52.6 Å². The summed E-state index contributed by atoms with van der Waals surface area (Å²) in [5.41, 5.74) is 3.73. The monoisotopic (exact) mass is 347 g/mol. The van der Waals surface area contributed by atoms with Crippen LogP contribution in [0.15, 0.2) is 41.4 Å². The molecule has 0 aliphatic heterocycles. The van der Waals surface area contributed by atoms with Crippen LogP contribution in [0.4, 0.5) is 5.82 Å². The highest BCUT2D eigenvalue weighted by Crippen LogP contribution is 2.38. The molecule has 3 N–H and O–H groups in total. The molecule has 0 radical (unpaired) electrons. The van der Waals surface area contributed by atoms with Gasteiger partial charge in [0.2, 0.25) is 0 Å². The smallest absolute Gasteiger partial charge is 0.169 e. The van der Waals surface area contributed by atoms with Crippen molar-refractivity contribution in [1.82, 2.24) is 20.3 Å². The summed E-state index contributed by atoms with van der Waals surface area (Å²) < 4.78 is 4.82. The molecule has 3 heterocycles. The second kappa shape index (κ2) is 5.64. The van der Waals surface area contributed by atoms with Crippen molar-refractivity contribution in [2.75, 3.05) is 5.32 Å². The summed E-state index contributed by atoms with van der Waals surface area (Å²) in [6, 6.07) is 5.49. The molecule has 0 fully saturated rings. The van der Waals surface area contributed by atoms with E-state index in [1.165, 1.54) is 6.26 Å². The first-order chi connectivity index (χ1) is 11.2. The first kappa shape index (κ1) is 14.2. The van der Waals surface area contributed by atoms with Crippen LogP contribution in [-0.2, 0) is 6.54 Å². The van der Waals surface area contributed by atoms with Crippen molar-refractivity contribution >= 4 is 39.9 Å². The van der Waals surface area contributed by atoms with Crippen molar-refractivity contribution in [2.45, 2.75) is 6.54 Å². The Morgan fingerprint density at radius 1 is 1.22 bits per heavy atom. The molecule has 0 saturated carbocycles. The Kier molecular flexibility index (Phi) is 3.48. The highest BCUT2D eigenvalue weighted by molar-refractivity contribution is 6.45. The van der Waals surface area contributed by atoms with E-state index in [-0.39, 0.29) is 0 Å². The zero-order valence-electron chi connectivity index (χ0n) is 11.7. The fourth-order valence-electron chi connectivity index (χ4n) is 2.59. The second-order valence-electron chi connectivity index (χ2n) is 4.99. The normalized spacial score (nSPS) is 11.2. The minimum absolute atomic E-state index is 0.501. The second-order valence-corrected chi connectivity index (χ2v) is 5.77. The first-order valence-electron chi connectivity index (χ1n) is 6.86. The summed E-state index contributed by atoms with van der Waals surface area (Å²) in [6.07, 6.45) is 5.12. The van der Waals surface area contributed by atoms with Crippen LogP contribution in [0.2, 0.25) is 10.0 Å². The maximum atomic E-state index is 6.34. The van der Waals surface area contributed by atoms with Gasteiger partial charge in [-0.2, -0.15) is 5.10 Å². The van der Waals surface area contributed by atoms with E-state index in [1.54, 1.807) is 18.3 Å². The lowest BCUT2D eigenvalue weighted by atomic mass is 10.1. The number of aromatic nitrogens is 4. The predicted octanol–water partition coefficient (Wildman–Crippen LogP) is 4.46. The number of nitrogens with zero attached hydrogens (tertiary/aromatic N) is 2. The Labute approximate surface area is 140 Å².